The molecule has 2 aromatic heterocycles. The first-order valence-electron chi connectivity index (χ1n) is 14.9. The molecule has 16 heteroatoms. The van der Waals surface area contributed by atoms with Crippen LogP contribution in [-0.2, 0) is 10.9 Å². The molecule has 13 nitrogen and oxygen atoms in total. The number of aromatic nitrogens is 5. The SMILES string of the molecule is Cc1cc(C(F)(F)F)c(C(=O)Nc2cc(-n3cc(C(=O)NCCCN4CCOCC4)nn3)ccc2N2CCCN(C)CC2)nn1. The van der Waals surface area contributed by atoms with Crippen molar-refractivity contribution in [3.05, 3.63) is 53.1 Å². The molecule has 45 heavy (non-hydrogen) atoms. The minimum atomic E-state index is -4.80. The van der Waals surface area contributed by atoms with E-state index in [-0.39, 0.29) is 23.0 Å². The number of aryl methyl sites for hydroxylation is 1. The van der Waals surface area contributed by atoms with E-state index in [1.54, 1.807) is 18.2 Å². The van der Waals surface area contributed by atoms with Crippen molar-refractivity contribution < 1.29 is 27.5 Å². The van der Waals surface area contributed by atoms with Crippen LogP contribution >= 0.6 is 0 Å². The second-order valence-electron chi connectivity index (χ2n) is 11.2. The van der Waals surface area contributed by atoms with E-state index in [2.05, 4.69) is 45.8 Å². The van der Waals surface area contributed by atoms with E-state index < -0.39 is 23.3 Å². The van der Waals surface area contributed by atoms with Gasteiger partial charge in [-0.05, 0) is 64.2 Å². The third-order valence-corrected chi connectivity index (χ3v) is 7.76. The summed E-state index contributed by atoms with van der Waals surface area (Å²) in [4.78, 5) is 32.6. The Morgan fingerprint density at radius 3 is 2.56 bits per heavy atom. The molecule has 2 aliphatic rings. The first-order valence-corrected chi connectivity index (χ1v) is 14.9. The fourth-order valence-electron chi connectivity index (χ4n) is 5.30. The van der Waals surface area contributed by atoms with E-state index >= 15 is 0 Å². The van der Waals surface area contributed by atoms with Gasteiger partial charge in [-0.15, -0.1) is 10.2 Å². The van der Waals surface area contributed by atoms with Crippen LogP contribution in [0.4, 0.5) is 24.5 Å². The van der Waals surface area contributed by atoms with Crippen molar-refractivity contribution in [1.29, 1.82) is 0 Å². The molecule has 0 saturated carbocycles. The van der Waals surface area contributed by atoms with Crippen LogP contribution in [0.2, 0.25) is 0 Å². The third kappa shape index (κ3) is 8.32. The minimum Gasteiger partial charge on any atom is -0.379 e. The molecule has 0 atom stereocenters. The van der Waals surface area contributed by atoms with Gasteiger partial charge in [-0.2, -0.15) is 18.3 Å². The number of likely N-dealkylation sites (N-methyl/N-ethyl adjacent to an activating group) is 1. The Balaban J connectivity index is 1.35. The Kier molecular flexibility index (Phi) is 10.2. The highest BCUT2D eigenvalue weighted by molar-refractivity contribution is 6.06. The van der Waals surface area contributed by atoms with Crippen LogP contribution in [0.15, 0.2) is 30.5 Å². The number of rotatable bonds is 9. The molecule has 242 valence electrons. The fourth-order valence-corrected chi connectivity index (χ4v) is 5.30. The van der Waals surface area contributed by atoms with Crippen molar-refractivity contribution >= 4 is 23.2 Å². The Morgan fingerprint density at radius 1 is 0.978 bits per heavy atom. The number of halogens is 3. The molecule has 0 spiro atoms. The van der Waals surface area contributed by atoms with Crippen molar-refractivity contribution in [2.24, 2.45) is 0 Å². The molecule has 2 amide bonds. The number of amides is 2. The second-order valence-corrected chi connectivity index (χ2v) is 11.2. The Bertz CT molecular complexity index is 1490. The Hall–Kier alpha value is -4.15. The van der Waals surface area contributed by atoms with Crippen LogP contribution in [0.25, 0.3) is 5.69 Å². The molecule has 0 unspecified atom stereocenters. The lowest BCUT2D eigenvalue weighted by Crippen LogP contribution is -2.38. The number of benzene rings is 1. The van der Waals surface area contributed by atoms with Crippen LogP contribution in [0.1, 0.15) is 45.1 Å². The second kappa shape index (κ2) is 14.3. The summed E-state index contributed by atoms with van der Waals surface area (Å²) < 4.78 is 48.1. The number of hydrogen-bond donors (Lipinski definition) is 2. The van der Waals surface area contributed by atoms with Gasteiger partial charge >= 0.3 is 6.18 Å². The van der Waals surface area contributed by atoms with E-state index in [9.17, 15) is 22.8 Å². The maximum absolute atomic E-state index is 13.8. The van der Waals surface area contributed by atoms with Gasteiger partial charge in [-0.25, -0.2) is 4.68 Å². The largest absolute Gasteiger partial charge is 0.418 e. The van der Waals surface area contributed by atoms with E-state index in [1.165, 1.54) is 17.8 Å². The summed E-state index contributed by atoms with van der Waals surface area (Å²) in [6.07, 6.45) is -1.70. The normalized spacial score (nSPS) is 16.8. The predicted molar refractivity (Wildman–Crippen MR) is 160 cm³/mol. The zero-order chi connectivity index (χ0) is 32.0. The molecule has 2 saturated heterocycles. The number of anilines is 2. The highest BCUT2D eigenvalue weighted by atomic mass is 19.4. The lowest BCUT2D eigenvalue weighted by molar-refractivity contribution is -0.138. The van der Waals surface area contributed by atoms with Gasteiger partial charge in [0.15, 0.2) is 11.4 Å². The molecule has 0 aliphatic carbocycles. The molecular formula is C29H37F3N10O3. The Labute approximate surface area is 258 Å². The van der Waals surface area contributed by atoms with Crippen LogP contribution < -0.4 is 15.5 Å². The topological polar surface area (TPSA) is 134 Å². The number of carbonyl (C=O) groups excluding carboxylic acids is 2. The monoisotopic (exact) mass is 630 g/mol. The molecule has 0 radical (unpaired) electrons. The number of nitrogens with zero attached hydrogens (tertiary/aromatic N) is 8. The maximum Gasteiger partial charge on any atom is 0.418 e. The first kappa shape index (κ1) is 32.2. The van der Waals surface area contributed by atoms with Gasteiger partial charge in [0.25, 0.3) is 11.8 Å². The summed E-state index contributed by atoms with van der Waals surface area (Å²) in [5, 5.41) is 20.9. The number of ether oxygens (including phenoxy) is 1. The zero-order valence-corrected chi connectivity index (χ0v) is 25.3. The molecule has 2 N–H and O–H groups in total. The van der Waals surface area contributed by atoms with Crippen LogP contribution in [0, 0.1) is 6.92 Å². The van der Waals surface area contributed by atoms with Gasteiger partial charge in [0, 0.05) is 39.3 Å². The van der Waals surface area contributed by atoms with Crippen molar-refractivity contribution in [3.63, 3.8) is 0 Å². The molecule has 5 rings (SSSR count). The van der Waals surface area contributed by atoms with Gasteiger partial charge < -0.3 is 25.2 Å². The molecule has 4 heterocycles. The van der Waals surface area contributed by atoms with E-state index in [1.807, 2.05) is 7.05 Å². The lowest BCUT2D eigenvalue weighted by Gasteiger charge is -2.26. The smallest absolute Gasteiger partial charge is 0.379 e. The van der Waals surface area contributed by atoms with Gasteiger partial charge in [0.2, 0.25) is 0 Å². The highest BCUT2D eigenvalue weighted by Crippen LogP contribution is 2.33. The number of alkyl halides is 3. The number of carbonyl (C=O) groups is 2. The van der Waals surface area contributed by atoms with Crippen molar-refractivity contribution in [2.45, 2.75) is 25.9 Å². The Morgan fingerprint density at radius 2 is 1.78 bits per heavy atom. The van der Waals surface area contributed by atoms with Crippen molar-refractivity contribution in [3.8, 4) is 5.69 Å². The molecule has 1 aromatic carbocycles. The summed E-state index contributed by atoms with van der Waals surface area (Å²) in [6, 6.07) is 5.92. The summed E-state index contributed by atoms with van der Waals surface area (Å²) in [6.45, 7) is 8.87. The average Bonchev–Trinajstić information content (AvgIpc) is 3.42. The van der Waals surface area contributed by atoms with Crippen molar-refractivity contribution in [2.75, 3.05) is 82.8 Å². The predicted octanol–water partition coefficient (Wildman–Crippen LogP) is 2.23. The van der Waals surface area contributed by atoms with Crippen molar-refractivity contribution in [1.82, 2.24) is 40.3 Å². The minimum absolute atomic E-state index is 0.0402. The molecular weight excluding hydrogens is 593 g/mol. The first-order chi connectivity index (χ1) is 21.6. The lowest BCUT2D eigenvalue weighted by atomic mass is 10.1. The van der Waals surface area contributed by atoms with Gasteiger partial charge in [0.05, 0.1) is 47.7 Å². The van der Waals surface area contributed by atoms with Crippen LogP contribution in [0.5, 0.6) is 0 Å². The molecule has 2 aliphatic heterocycles. The van der Waals surface area contributed by atoms with Crippen LogP contribution in [0.3, 0.4) is 0 Å². The zero-order valence-electron chi connectivity index (χ0n) is 25.3. The summed E-state index contributed by atoms with van der Waals surface area (Å²) in [5.41, 5.74) is -0.496. The van der Waals surface area contributed by atoms with E-state index in [0.717, 1.165) is 51.6 Å². The van der Waals surface area contributed by atoms with Crippen LogP contribution in [-0.4, -0.2) is 119 Å². The van der Waals surface area contributed by atoms with E-state index in [0.29, 0.717) is 44.2 Å². The standard InChI is InChI=1S/C29H37F3N10O3/c1-20-17-22(29(30,31)32)26(37-35-20)28(44)34-23-18-21(5-6-25(23)41-10-4-8-39(2)11-12-41)42-19-24(36-38-42)27(43)33-7-3-9-40-13-15-45-16-14-40/h5-6,17-19H,3-4,7-16H2,1-2H3,(H,33,43)(H,34,44). The number of morpholine rings is 1. The quantitative estimate of drug-likeness (QED) is 0.339. The maximum atomic E-state index is 13.8. The molecule has 2 fully saturated rings. The number of hydrogen-bond acceptors (Lipinski definition) is 10. The molecule has 3 aromatic rings. The average molecular weight is 631 g/mol. The van der Waals surface area contributed by atoms with Gasteiger partial charge in [-0.3, -0.25) is 14.5 Å². The van der Waals surface area contributed by atoms with Gasteiger partial charge in [-0.1, -0.05) is 5.21 Å². The third-order valence-electron chi connectivity index (χ3n) is 7.76. The van der Waals surface area contributed by atoms with E-state index in [4.69, 9.17) is 4.74 Å². The molecule has 0 bridgehead atoms. The highest BCUT2D eigenvalue weighted by Gasteiger charge is 2.37. The fraction of sp³-hybridized carbons (Fsp3) is 0.517. The summed E-state index contributed by atoms with van der Waals surface area (Å²) >= 11 is 0. The summed E-state index contributed by atoms with van der Waals surface area (Å²) in [7, 11) is 2.02. The number of nitrogens with one attached hydrogen (secondary N) is 2. The summed E-state index contributed by atoms with van der Waals surface area (Å²) in [5.74, 6) is -1.42. The van der Waals surface area contributed by atoms with Gasteiger partial charge in [0.1, 0.15) is 0 Å².